The molecule has 2 heterocycles. The molecule has 2 fully saturated rings. The van der Waals surface area contributed by atoms with E-state index in [4.69, 9.17) is 19.2 Å². The molecule has 5 rings (SSSR count). The van der Waals surface area contributed by atoms with Crippen molar-refractivity contribution in [2.45, 2.75) is 90.6 Å². The van der Waals surface area contributed by atoms with Crippen LogP contribution in [-0.2, 0) is 23.7 Å². The zero-order valence-corrected chi connectivity index (χ0v) is 34.0. The Morgan fingerprint density at radius 2 is 1.75 bits per heavy atom. The minimum Gasteiger partial charge on any atom is -0.488 e. The Morgan fingerprint density at radius 3 is 2.31 bits per heavy atom. The Kier molecular flexibility index (Phi) is 11.5. The van der Waals surface area contributed by atoms with Gasteiger partial charge in [-0.2, -0.15) is 0 Å². The van der Waals surface area contributed by atoms with Crippen LogP contribution in [-0.4, -0.2) is 94.4 Å². The number of carboxylic acid groups (broad SMARTS) is 1. The zero-order chi connectivity index (χ0) is 40.7. The summed E-state index contributed by atoms with van der Waals surface area (Å²) >= 11 is 0. The number of likely N-dealkylation sites (tertiary alicyclic amines) is 1. The SMILES string of the molecule is C=CC1CC1(NC(=O)C1CC(Oc2cc(-c3ccc(C)cc3)nc3cc(OCP(C)(C)=O)ccc23)CN1C(=O)C(NC(=O)OC(C)(C)C)C(C)(C)C)C(=O)O. The van der Waals surface area contributed by atoms with Crippen LogP contribution in [0.4, 0.5) is 4.79 Å². The summed E-state index contributed by atoms with van der Waals surface area (Å²) in [5, 5.41) is 16.1. The zero-order valence-electron chi connectivity index (χ0n) is 33.1. The molecule has 3 amide bonds. The van der Waals surface area contributed by atoms with Crippen LogP contribution in [0.5, 0.6) is 11.5 Å². The van der Waals surface area contributed by atoms with E-state index in [1.54, 1.807) is 79.1 Å². The summed E-state index contributed by atoms with van der Waals surface area (Å²) in [6, 6.07) is 12.7. The first kappa shape index (κ1) is 41.3. The van der Waals surface area contributed by atoms with E-state index in [0.29, 0.717) is 28.1 Å². The largest absolute Gasteiger partial charge is 0.488 e. The summed E-state index contributed by atoms with van der Waals surface area (Å²) in [7, 11) is -2.47. The average molecular weight is 777 g/mol. The van der Waals surface area contributed by atoms with Gasteiger partial charge in [-0.05, 0) is 65.0 Å². The summed E-state index contributed by atoms with van der Waals surface area (Å²) in [5.41, 5.74) is -0.102. The standard InChI is InChI=1S/C41H53N4O9P/c1-11-26-21-41(26,37(48)49)44-35(46)32-19-28(22-45(32)36(47)34(39(3,4)5)43-38(50)54-40(6,7)8)53-33-20-30(25-14-12-24(2)13-15-25)42-31-18-27(16-17-29(31)33)52-23-55(9,10)51/h11-18,20,26,28,32,34H,1,19,21-23H2,2-10H3,(H,43,50)(H,44,46)(H,48,49). The second-order valence-electron chi connectivity index (χ2n) is 17.1. The van der Waals surface area contributed by atoms with E-state index in [2.05, 4.69) is 17.2 Å². The van der Waals surface area contributed by atoms with Crippen LogP contribution in [0.3, 0.4) is 0 Å². The molecule has 1 saturated carbocycles. The number of amides is 3. The predicted molar refractivity (Wildman–Crippen MR) is 211 cm³/mol. The van der Waals surface area contributed by atoms with E-state index >= 15 is 0 Å². The summed E-state index contributed by atoms with van der Waals surface area (Å²) in [5.74, 6) is -1.93. The highest BCUT2D eigenvalue weighted by atomic mass is 31.2. The predicted octanol–water partition coefficient (Wildman–Crippen LogP) is 6.60. The molecule has 296 valence electrons. The average Bonchev–Trinajstić information content (AvgIpc) is 3.64. The Labute approximate surface area is 322 Å². The van der Waals surface area contributed by atoms with Gasteiger partial charge in [0.25, 0.3) is 0 Å². The number of nitrogens with one attached hydrogen (secondary N) is 2. The number of benzene rings is 2. The number of hydrogen-bond donors (Lipinski definition) is 3. The molecule has 1 aromatic heterocycles. The number of alkyl carbamates (subject to hydrolysis) is 1. The molecule has 2 aliphatic rings. The fraction of sp³-hybridized carbons (Fsp3) is 0.488. The third-order valence-corrected chi connectivity index (χ3v) is 10.3. The maximum absolute atomic E-state index is 14.5. The highest BCUT2D eigenvalue weighted by Gasteiger charge is 2.61. The number of carbonyl (C=O) groups excluding carboxylic acids is 3. The summed E-state index contributed by atoms with van der Waals surface area (Å²) in [6.07, 6.45) is 0.245. The number of fused-ring (bicyclic) bond motifs is 1. The van der Waals surface area contributed by atoms with Gasteiger partial charge in [0.2, 0.25) is 11.8 Å². The number of aromatic nitrogens is 1. The molecule has 1 saturated heterocycles. The van der Waals surface area contributed by atoms with Crippen molar-refractivity contribution in [1.82, 2.24) is 20.5 Å². The van der Waals surface area contributed by atoms with Gasteiger partial charge in [-0.3, -0.25) is 9.59 Å². The van der Waals surface area contributed by atoms with Crippen molar-refractivity contribution in [2.75, 3.05) is 26.2 Å². The summed E-state index contributed by atoms with van der Waals surface area (Å²) in [4.78, 5) is 60.2. The molecule has 0 radical (unpaired) electrons. The molecule has 14 heteroatoms. The molecule has 5 unspecified atom stereocenters. The van der Waals surface area contributed by atoms with Gasteiger partial charge in [0, 0.05) is 35.4 Å². The van der Waals surface area contributed by atoms with Gasteiger partial charge in [0.15, 0.2) is 0 Å². The number of nitrogens with zero attached hydrogens (tertiary/aromatic N) is 2. The Bertz CT molecular complexity index is 2030. The number of carbonyl (C=O) groups is 4. The van der Waals surface area contributed by atoms with Crippen LogP contribution in [0.1, 0.15) is 59.9 Å². The first-order chi connectivity index (χ1) is 25.5. The van der Waals surface area contributed by atoms with E-state index in [9.17, 15) is 28.8 Å². The molecule has 5 atom stereocenters. The molecular formula is C41H53N4O9P. The van der Waals surface area contributed by atoms with Crippen LogP contribution in [0.2, 0.25) is 0 Å². The van der Waals surface area contributed by atoms with Gasteiger partial charge in [-0.15, -0.1) is 6.58 Å². The van der Waals surface area contributed by atoms with E-state index in [1.165, 1.54) is 11.0 Å². The van der Waals surface area contributed by atoms with E-state index in [-0.39, 0.29) is 25.7 Å². The van der Waals surface area contributed by atoms with Crippen LogP contribution < -0.4 is 20.1 Å². The summed E-state index contributed by atoms with van der Waals surface area (Å²) in [6.45, 7) is 19.5. The fourth-order valence-electron chi connectivity index (χ4n) is 6.58. The molecule has 3 N–H and O–H groups in total. The minimum atomic E-state index is -2.47. The van der Waals surface area contributed by atoms with Gasteiger partial charge in [0.05, 0.1) is 17.8 Å². The van der Waals surface area contributed by atoms with Crippen molar-refractivity contribution in [1.29, 1.82) is 0 Å². The molecule has 3 aromatic rings. The lowest BCUT2D eigenvalue weighted by atomic mass is 9.85. The van der Waals surface area contributed by atoms with E-state index in [1.807, 2.05) is 31.2 Å². The molecule has 1 aliphatic heterocycles. The molecule has 0 bridgehead atoms. The number of carboxylic acids is 1. The first-order valence-electron chi connectivity index (χ1n) is 18.3. The Morgan fingerprint density at radius 1 is 1.07 bits per heavy atom. The van der Waals surface area contributed by atoms with Crippen molar-refractivity contribution in [3.8, 4) is 22.8 Å². The number of aliphatic carboxylic acids is 1. The minimum absolute atomic E-state index is 0.0302. The maximum Gasteiger partial charge on any atom is 0.408 e. The molecule has 2 aromatic carbocycles. The van der Waals surface area contributed by atoms with Crippen molar-refractivity contribution in [2.24, 2.45) is 11.3 Å². The monoisotopic (exact) mass is 776 g/mol. The molecular weight excluding hydrogens is 723 g/mol. The number of hydrogen-bond acceptors (Lipinski definition) is 9. The highest BCUT2D eigenvalue weighted by Crippen LogP contribution is 2.45. The van der Waals surface area contributed by atoms with Crippen LogP contribution in [0.25, 0.3) is 22.2 Å². The second kappa shape index (κ2) is 15.3. The number of pyridine rings is 1. The highest BCUT2D eigenvalue weighted by molar-refractivity contribution is 7.62. The van der Waals surface area contributed by atoms with E-state index in [0.717, 1.165) is 11.1 Å². The quantitative estimate of drug-likeness (QED) is 0.134. The fourth-order valence-corrected chi connectivity index (χ4v) is 7.04. The Balaban J connectivity index is 1.52. The van der Waals surface area contributed by atoms with Gasteiger partial charge in [-0.1, -0.05) is 56.7 Å². The van der Waals surface area contributed by atoms with Gasteiger partial charge < -0.3 is 39.4 Å². The first-order valence-corrected chi connectivity index (χ1v) is 21.1. The number of rotatable bonds is 12. The second-order valence-corrected chi connectivity index (χ2v) is 20.5. The van der Waals surface area contributed by atoms with Gasteiger partial charge in [-0.25, -0.2) is 14.6 Å². The van der Waals surface area contributed by atoms with Gasteiger partial charge in [0.1, 0.15) is 54.3 Å². The smallest absolute Gasteiger partial charge is 0.408 e. The van der Waals surface area contributed by atoms with Crippen LogP contribution in [0.15, 0.2) is 61.2 Å². The maximum atomic E-state index is 14.5. The normalized spacial score (nSPS) is 21.7. The number of aryl methyl sites for hydroxylation is 1. The summed E-state index contributed by atoms with van der Waals surface area (Å²) < 4.78 is 30.4. The lowest BCUT2D eigenvalue weighted by Gasteiger charge is -2.35. The molecule has 1 aliphatic carbocycles. The lowest BCUT2D eigenvalue weighted by Crippen LogP contribution is -2.59. The molecule has 13 nitrogen and oxygen atoms in total. The van der Waals surface area contributed by atoms with Crippen LogP contribution >= 0.6 is 7.14 Å². The molecule has 55 heavy (non-hydrogen) atoms. The third kappa shape index (κ3) is 9.86. The van der Waals surface area contributed by atoms with Crippen molar-refractivity contribution in [3.63, 3.8) is 0 Å². The van der Waals surface area contributed by atoms with Crippen molar-refractivity contribution < 1.29 is 43.1 Å². The number of ether oxygens (including phenoxy) is 3. The topological polar surface area (TPSA) is 173 Å². The van der Waals surface area contributed by atoms with Crippen molar-refractivity contribution >= 4 is 41.9 Å². The lowest BCUT2D eigenvalue weighted by molar-refractivity contribution is -0.146. The van der Waals surface area contributed by atoms with Crippen molar-refractivity contribution in [3.05, 3.63) is 66.7 Å². The van der Waals surface area contributed by atoms with Crippen LogP contribution in [0, 0.1) is 18.3 Å². The molecule has 0 spiro atoms. The van der Waals surface area contributed by atoms with E-state index < -0.39 is 71.7 Å². The van der Waals surface area contributed by atoms with Gasteiger partial charge >= 0.3 is 12.1 Å². The Hall–Kier alpha value is -4.90. The third-order valence-electron chi connectivity index (χ3n) is 9.58.